The topological polar surface area (TPSA) is 58.6 Å². The molecule has 102 valence electrons. The fraction of sp³-hybridized carbons (Fsp3) is 0.400. The molecule has 1 N–H and O–H groups in total. The molecule has 0 aliphatic rings. The van der Waals surface area contributed by atoms with Gasteiger partial charge in [-0.2, -0.15) is 17.4 Å². The highest BCUT2D eigenvalue weighted by Crippen LogP contribution is 2.32. The molecule has 0 spiro atoms. The van der Waals surface area contributed by atoms with E-state index in [-0.39, 0.29) is 6.54 Å². The van der Waals surface area contributed by atoms with Gasteiger partial charge in [0.2, 0.25) is 0 Å². The van der Waals surface area contributed by atoms with E-state index in [0.29, 0.717) is 21.4 Å². The molecule has 8 heteroatoms. The van der Waals surface area contributed by atoms with Crippen molar-refractivity contribution in [3.05, 3.63) is 27.7 Å². The Balaban J connectivity index is 2.98. The Morgan fingerprint density at radius 2 is 1.94 bits per heavy atom. The molecular formula is C10H14Cl2N2O3S. The lowest BCUT2D eigenvalue weighted by atomic mass is 10.2. The molecular weight excluding hydrogens is 299 g/mol. The van der Waals surface area contributed by atoms with E-state index < -0.39 is 10.2 Å². The van der Waals surface area contributed by atoms with Crippen LogP contribution in [0.5, 0.6) is 5.75 Å². The van der Waals surface area contributed by atoms with Crippen LogP contribution in [0.1, 0.15) is 5.56 Å². The van der Waals surface area contributed by atoms with E-state index in [1.807, 2.05) is 0 Å². The van der Waals surface area contributed by atoms with Crippen LogP contribution in [0.2, 0.25) is 10.0 Å². The second-order valence-corrected chi connectivity index (χ2v) is 6.50. The molecule has 0 bridgehead atoms. The van der Waals surface area contributed by atoms with Gasteiger partial charge in [0.15, 0.2) is 0 Å². The van der Waals surface area contributed by atoms with Crippen molar-refractivity contribution in [1.82, 2.24) is 9.03 Å². The third-order valence-corrected chi connectivity index (χ3v) is 4.18. The van der Waals surface area contributed by atoms with Crippen molar-refractivity contribution in [3.63, 3.8) is 0 Å². The van der Waals surface area contributed by atoms with Gasteiger partial charge in [-0.25, -0.2) is 0 Å². The van der Waals surface area contributed by atoms with E-state index in [2.05, 4.69) is 4.72 Å². The summed E-state index contributed by atoms with van der Waals surface area (Å²) in [5.74, 6) is 0.405. The maximum absolute atomic E-state index is 11.6. The van der Waals surface area contributed by atoms with Crippen LogP contribution in [-0.4, -0.2) is 33.9 Å². The first-order valence-electron chi connectivity index (χ1n) is 4.97. The molecule has 0 unspecified atom stereocenters. The predicted molar refractivity (Wildman–Crippen MR) is 72.5 cm³/mol. The van der Waals surface area contributed by atoms with Crippen LogP contribution in [0.15, 0.2) is 12.1 Å². The van der Waals surface area contributed by atoms with Gasteiger partial charge in [0.1, 0.15) is 5.75 Å². The summed E-state index contributed by atoms with van der Waals surface area (Å²) in [4.78, 5) is 0. The second kappa shape index (κ2) is 6.08. The minimum Gasteiger partial charge on any atom is -0.495 e. The second-order valence-electron chi connectivity index (χ2n) is 3.69. The van der Waals surface area contributed by atoms with Crippen LogP contribution in [0.3, 0.4) is 0 Å². The lowest BCUT2D eigenvalue weighted by molar-refractivity contribution is 0.409. The lowest BCUT2D eigenvalue weighted by Crippen LogP contribution is -2.35. The van der Waals surface area contributed by atoms with E-state index in [4.69, 9.17) is 27.9 Å². The molecule has 0 aromatic heterocycles. The van der Waals surface area contributed by atoms with Crippen LogP contribution < -0.4 is 9.46 Å². The van der Waals surface area contributed by atoms with Gasteiger partial charge in [0.25, 0.3) is 10.2 Å². The van der Waals surface area contributed by atoms with Gasteiger partial charge >= 0.3 is 0 Å². The van der Waals surface area contributed by atoms with Gasteiger partial charge in [0, 0.05) is 31.2 Å². The maximum Gasteiger partial charge on any atom is 0.279 e. The van der Waals surface area contributed by atoms with Crippen molar-refractivity contribution in [2.24, 2.45) is 0 Å². The number of hydrogen-bond acceptors (Lipinski definition) is 3. The average Bonchev–Trinajstić information content (AvgIpc) is 2.25. The highest BCUT2D eigenvalue weighted by atomic mass is 35.5. The predicted octanol–water partition coefficient (Wildman–Crippen LogP) is 1.90. The zero-order chi connectivity index (χ0) is 13.9. The summed E-state index contributed by atoms with van der Waals surface area (Å²) in [6.45, 7) is 0.0456. The van der Waals surface area contributed by atoms with Crippen molar-refractivity contribution in [1.29, 1.82) is 0 Å². The van der Waals surface area contributed by atoms with Crippen LogP contribution in [0.25, 0.3) is 0 Å². The Kier molecular flexibility index (Phi) is 5.24. The number of ether oxygens (including phenoxy) is 1. The molecule has 5 nitrogen and oxygen atoms in total. The van der Waals surface area contributed by atoms with E-state index in [1.54, 1.807) is 6.07 Å². The van der Waals surface area contributed by atoms with Crippen LogP contribution >= 0.6 is 23.2 Å². The van der Waals surface area contributed by atoms with Crippen LogP contribution in [0.4, 0.5) is 0 Å². The summed E-state index contributed by atoms with van der Waals surface area (Å²) >= 11 is 11.8. The van der Waals surface area contributed by atoms with Crippen molar-refractivity contribution < 1.29 is 13.2 Å². The number of hydrogen-bond donors (Lipinski definition) is 1. The standard InChI is InChI=1S/C10H14Cl2N2O3S/c1-14(2)18(15,16)13-6-7-4-8(11)5-9(12)10(7)17-3/h4-5,13H,6H2,1-3H3. The van der Waals surface area contributed by atoms with Gasteiger partial charge in [-0.1, -0.05) is 23.2 Å². The summed E-state index contributed by atoms with van der Waals surface area (Å²) in [5.41, 5.74) is 0.570. The maximum atomic E-state index is 11.6. The SMILES string of the molecule is COc1c(Cl)cc(Cl)cc1CNS(=O)(=O)N(C)C. The highest BCUT2D eigenvalue weighted by Gasteiger charge is 2.15. The highest BCUT2D eigenvalue weighted by molar-refractivity contribution is 7.87. The first-order chi connectivity index (χ1) is 8.27. The molecule has 0 saturated carbocycles. The Labute approximate surface area is 117 Å². The average molecular weight is 313 g/mol. The van der Waals surface area contributed by atoms with Gasteiger partial charge in [-0.15, -0.1) is 0 Å². The van der Waals surface area contributed by atoms with Crippen LogP contribution in [0, 0.1) is 0 Å². The summed E-state index contributed by atoms with van der Waals surface area (Å²) < 4.78 is 31.8. The lowest BCUT2D eigenvalue weighted by Gasteiger charge is -2.15. The molecule has 1 aromatic rings. The third-order valence-electron chi connectivity index (χ3n) is 2.22. The molecule has 0 fully saturated rings. The van der Waals surface area contributed by atoms with Crippen molar-refractivity contribution in [2.75, 3.05) is 21.2 Å². The Morgan fingerprint density at radius 1 is 1.33 bits per heavy atom. The van der Waals surface area contributed by atoms with E-state index >= 15 is 0 Å². The molecule has 0 saturated heterocycles. The summed E-state index contributed by atoms with van der Waals surface area (Å²) in [5, 5.41) is 0.754. The first-order valence-corrected chi connectivity index (χ1v) is 7.16. The normalized spacial score (nSPS) is 11.9. The minimum absolute atomic E-state index is 0.0456. The Bertz CT molecular complexity index is 532. The molecule has 0 heterocycles. The van der Waals surface area contributed by atoms with Crippen LogP contribution in [-0.2, 0) is 16.8 Å². The molecule has 18 heavy (non-hydrogen) atoms. The van der Waals surface area contributed by atoms with E-state index in [0.717, 1.165) is 4.31 Å². The number of benzene rings is 1. The Morgan fingerprint density at radius 3 is 2.44 bits per heavy atom. The molecule has 1 aromatic carbocycles. The molecule has 0 aliphatic carbocycles. The van der Waals surface area contributed by atoms with E-state index in [9.17, 15) is 8.42 Å². The molecule has 1 rings (SSSR count). The zero-order valence-electron chi connectivity index (χ0n) is 10.2. The quantitative estimate of drug-likeness (QED) is 0.903. The fourth-order valence-corrected chi connectivity index (χ4v) is 2.48. The van der Waals surface area contributed by atoms with Crippen molar-refractivity contribution in [3.8, 4) is 5.75 Å². The number of nitrogens with one attached hydrogen (secondary N) is 1. The van der Waals surface area contributed by atoms with Gasteiger partial charge in [-0.05, 0) is 12.1 Å². The monoisotopic (exact) mass is 312 g/mol. The Hall–Kier alpha value is -0.530. The van der Waals surface area contributed by atoms with Crippen molar-refractivity contribution >= 4 is 33.4 Å². The number of halogens is 2. The molecule has 0 amide bonds. The van der Waals surface area contributed by atoms with E-state index in [1.165, 1.54) is 27.3 Å². The number of nitrogens with zero attached hydrogens (tertiary/aromatic N) is 1. The summed E-state index contributed by atoms with van der Waals surface area (Å²) in [6.07, 6.45) is 0. The largest absolute Gasteiger partial charge is 0.495 e. The fourth-order valence-electron chi connectivity index (χ4n) is 1.27. The number of rotatable bonds is 5. The summed E-state index contributed by atoms with van der Waals surface area (Å²) in [7, 11) is 0.822. The van der Waals surface area contributed by atoms with Gasteiger partial charge in [-0.3, -0.25) is 0 Å². The number of methoxy groups -OCH3 is 1. The van der Waals surface area contributed by atoms with Gasteiger partial charge < -0.3 is 4.74 Å². The minimum atomic E-state index is -3.51. The summed E-state index contributed by atoms with van der Waals surface area (Å²) in [6, 6.07) is 3.14. The zero-order valence-corrected chi connectivity index (χ0v) is 12.5. The molecule has 0 aliphatic heterocycles. The molecule has 0 radical (unpaired) electrons. The van der Waals surface area contributed by atoms with Gasteiger partial charge in [0.05, 0.1) is 12.1 Å². The van der Waals surface area contributed by atoms with Crippen molar-refractivity contribution in [2.45, 2.75) is 6.54 Å². The smallest absolute Gasteiger partial charge is 0.279 e. The molecule has 0 atom stereocenters. The third kappa shape index (κ3) is 3.73. The first kappa shape index (κ1) is 15.5.